The molecule has 2 aliphatic rings. The van der Waals surface area contributed by atoms with Gasteiger partial charge in [-0.2, -0.15) is 0 Å². The molecule has 1 fully saturated rings. The average Bonchev–Trinajstić information content (AvgIpc) is 3.46. The van der Waals surface area contributed by atoms with Gasteiger partial charge in [-0.15, -0.1) is 0 Å². The SMILES string of the molecule is O=C(CN1C(=O)C(=O)c2ccccc21)Nc1ccc(C(=O)NC2CC2)cc1. The van der Waals surface area contributed by atoms with Crippen LogP contribution in [0.3, 0.4) is 0 Å². The molecule has 136 valence electrons. The van der Waals surface area contributed by atoms with Gasteiger partial charge in [0.25, 0.3) is 17.6 Å². The van der Waals surface area contributed by atoms with Crippen LogP contribution < -0.4 is 15.5 Å². The standard InChI is InChI=1S/C20H17N3O4/c24-17(11-23-16-4-2-1-3-15(16)18(25)20(23)27)21-13-7-5-12(6-8-13)19(26)22-14-9-10-14/h1-8,14H,9-11H2,(H,21,24)(H,22,26). The topological polar surface area (TPSA) is 95.6 Å². The van der Waals surface area contributed by atoms with Crippen LogP contribution in [-0.4, -0.2) is 36.1 Å². The fourth-order valence-corrected chi connectivity index (χ4v) is 2.95. The normalized spacial score (nSPS) is 15.5. The molecule has 2 aromatic carbocycles. The highest BCUT2D eigenvalue weighted by Gasteiger charge is 2.36. The van der Waals surface area contributed by atoms with Gasteiger partial charge in [0, 0.05) is 17.3 Å². The van der Waals surface area contributed by atoms with Crippen LogP contribution in [0.4, 0.5) is 11.4 Å². The van der Waals surface area contributed by atoms with Crippen LogP contribution in [-0.2, 0) is 9.59 Å². The first-order valence-corrected chi connectivity index (χ1v) is 8.69. The Balaban J connectivity index is 1.40. The van der Waals surface area contributed by atoms with Gasteiger partial charge in [0.2, 0.25) is 5.91 Å². The minimum atomic E-state index is -0.710. The van der Waals surface area contributed by atoms with Gasteiger partial charge in [-0.25, -0.2) is 0 Å². The van der Waals surface area contributed by atoms with Gasteiger partial charge in [-0.3, -0.25) is 24.1 Å². The summed E-state index contributed by atoms with van der Waals surface area (Å²) in [5.74, 6) is -1.88. The lowest BCUT2D eigenvalue weighted by atomic mass is 10.1. The summed E-state index contributed by atoms with van der Waals surface area (Å²) in [7, 11) is 0. The van der Waals surface area contributed by atoms with E-state index in [1.807, 2.05) is 0 Å². The Hall–Kier alpha value is -3.48. The third-order valence-corrected chi connectivity index (χ3v) is 4.52. The number of anilines is 2. The number of hydrogen-bond donors (Lipinski definition) is 2. The van der Waals surface area contributed by atoms with Crippen LogP contribution >= 0.6 is 0 Å². The molecular formula is C20H17N3O4. The fourth-order valence-electron chi connectivity index (χ4n) is 2.95. The highest BCUT2D eigenvalue weighted by Crippen LogP contribution is 2.28. The van der Waals surface area contributed by atoms with Crippen molar-refractivity contribution in [2.75, 3.05) is 16.8 Å². The van der Waals surface area contributed by atoms with Crippen molar-refractivity contribution >= 4 is 34.9 Å². The van der Waals surface area contributed by atoms with Crippen LogP contribution in [0.1, 0.15) is 33.6 Å². The minimum Gasteiger partial charge on any atom is -0.349 e. The first-order valence-electron chi connectivity index (χ1n) is 8.69. The molecule has 0 bridgehead atoms. The molecule has 0 spiro atoms. The molecular weight excluding hydrogens is 346 g/mol. The summed E-state index contributed by atoms with van der Waals surface area (Å²) in [6.45, 7) is -0.258. The summed E-state index contributed by atoms with van der Waals surface area (Å²) in [4.78, 5) is 49.5. The van der Waals surface area contributed by atoms with E-state index < -0.39 is 17.6 Å². The molecule has 27 heavy (non-hydrogen) atoms. The maximum atomic E-state index is 12.3. The van der Waals surface area contributed by atoms with Gasteiger partial charge in [0.15, 0.2) is 0 Å². The van der Waals surface area contributed by atoms with E-state index in [0.29, 0.717) is 22.5 Å². The molecule has 7 nitrogen and oxygen atoms in total. The van der Waals surface area contributed by atoms with Crippen molar-refractivity contribution < 1.29 is 19.2 Å². The maximum Gasteiger partial charge on any atom is 0.299 e. The number of nitrogens with zero attached hydrogens (tertiary/aromatic N) is 1. The Morgan fingerprint density at radius 2 is 1.70 bits per heavy atom. The largest absolute Gasteiger partial charge is 0.349 e. The van der Waals surface area contributed by atoms with Crippen molar-refractivity contribution in [2.45, 2.75) is 18.9 Å². The number of para-hydroxylation sites is 1. The number of ketones is 1. The van der Waals surface area contributed by atoms with Crippen LogP contribution in [0, 0.1) is 0 Å². The molecule has 0 unspecified atom stereocenters. The van der Waals surface area contributed by atoms with E-state index in [-0.39, 0.29) is 18.5 Å². The zero-order valence-electron chi connectivity index (χ0n) is 14.4. The first kappa shape index (κ1) is 17.0. The molecule has 0 aromatic heterocycles. The summed E-state index contributed by atoms with van der Waals surface area (Å²) in [6.07, 6.45) is 2.03. The van der Waals surface area contributed by atoms with Crippen molar-refractivity contribution in [1.29, 1.82) is 0 Å². The number of nitrogens with one attached hydrogen (secondary N) is 2. The summed E-state index contributed by atoms with van der Waals surface area (Å²) in [6, 6.07) is 13.4. The van der Waals surface area contributed by atoms with Crippen molar-refractivity contribution in [3.8, 4) is 0 Å². The number of rotatable bonds is 5. The zero-order chi connectivity index (χ0) is 19.0. The smallest absolute Gasteiger partial charge is 0.299 e. The third kappa shape index (κ3) is 3.44. The maximum absolute atomic E-state index is 12.3. The number of carbonyl (C=O) groups is 4. The summed E-state index contributed by atoms with van der Waals surface area (Å²) in [5.41, 5.74) is 1.78. The highest BCUT2D eigenvalue weighted by atomic mass is 16.2. The Kier molecular flexibility index (Phi) is 4.19. The molecule has 1 aliphatic heterocycles. The quantitative estimate of drug-likeness (QED) is 0.791. The van der Waals surface area contributed by atoms with Crippen LogP contribution in [0.2, 0.25) is 0 Å². The predicted molar refractivity (Wildman–Crippen MR) is 98.7 cm³/mol. The third-order valence-electron chi connectivity index (χ3n) is 4.52. The van der Waals surface area contributed by atoms with Crippen LogP contribution in [0.15, 0.2) is 48.5 Å². The molecule has 7 heteroatoms. The first-order chi connectivity index (χ1) is 13.0. The number of hydrogen-bond acceptors (Lipinski definition) is 4. The second-order valence-electron chi connectivity index (χ2n) is 6.61. The van der Waals surface area contributed by atoms with Crippen molar-refractivity contribution in [3.05, 3.63) is 59.7 Å². The molecule has 1 heterocycles. The highest BCUT2D eigenvalue weighted by molar-refractivity contribution is 6.52. The van der Waals surface area contributed by atoms with E-state index in [1.165, 1.54) is 4.90 Å². The zero-order valence-corrected chi connectivity index (χ0v) is 14.4. The number of amides is 3. The van der Waals surface area contributed by atoms with Crippen molar-refractivity contribution in [3.63, 3.8) is 0 Å². The van der Waals surface area contributed by atoms with Crippen molar-refractivity contribution in [2.24, 2.45) is 0 Å². The molecule has 1 saturated carbocycles. The predicted octanol–water partition coefficient (Wildman–Crippen LogP) is 1.75. The minimum absolute atomic E-state index is 0.131. The van der Waals surface area contributed by atoms with Gasteiger partial charge >= 0.3 is 0 Å². The van der Waals surface area contributed by atoms with E-state index in [9.17, 15) is 19.2 Å². The Morgan fingerprint density at radius 3 is 2.41 bits per heavy atom. The monoisotopic (exact) mass is 363 g/mol. The molecule has 4 rings (SSSR count). The van der Waals surface area contributed by atoms with Gasteiger partial charge in [-0.05, 0) is 49.2 Å². The summed E-state index contributed by atoms with van der Waals surface area (Å²) in [5, 5.41) is 5.57. The fraction of sp³-hybridized carbons (Fsp3) is 0.200. The lowest BCUT2D eigenvalue weighted by Gasteiger charge is -2.16. The Bertz CT molecular complexity index is 948. The second kappa shape index (κ2) is 6.68. The van der Waals surface area contributed by atoms with E-state index in [0.717, 1.165) is 12.8 Å². The number of Topliss-reactive ketones (excluding diaryl/α,β-unsaturated/α-hetero) is 1. The van der Waals surface area contributed by atoms with Gasteiger partial charge in [0.05, 0.1) is 11.3 Å². The van der Waals surface area contributed by atoms with E-state index in [4.69, 9.17) is 0 Å². The Labute approximate surface area is 155 Å². The summed E-state index contributed by atoms with van der Waals surface area (Å²) < 4.78 is 0. The molecule has 1 aliphatic carbocycles. The molecule has 2 aromatic rings. The number of carbonyl (C=O) groups excluding carboxylic acids is 4. The Morgan fingerprint density at radius 1 is 1.00 bits per heavy atom. The average molecular weight is 363 g/mol. The van der Waals surface area contributed by atoms with Gasteiger partial charge < -0.3 is 10.6 Å². The van der Waals surface area contributed by atoms with Crippen molar-refractivity contribution in [1.82, 2.24) is 5.32 Å². The molecule has 0 saturated heterocycles. The van der Waals surface area contributed by atoms with Gasteiger partial charge in [-0.1, -0.05) is 12.1 Å². The van der Waals surface area contributed by atoms with E-state index in [2.05, 4.69) is 10.6 Å². The molecule has 0 radical (unpaired) electrons. The molecule has 2 N–H and O–H groups in total. The van der Waals surface area contributed by atoms with E-state index >= 15 is 0 Å². The van der Waals surface area contributed by atoms with Gasteiger partial charge in [0.1, 0.15) is 6.54 Å². The second-order valence-corrected chi connectivity index (χ2v) is 6.61. The van der Waals surface area contributed by atoms with Crippen LogP contribution in [0.25, 0.3) is 0 Å². The number of benzene rings is 2. The summed E-state index contributed by atoms with van der Waals surface area (Å²) >= 11 is 0. The van der Waals surface area contributed by atoms with Crippen LogP contribution in [0.5, 0.6) is 0 Å². The van der Waals surface area contributed by atoms with E-state index in [1.54, 1.807) is 48.5 Å². The lowest BCUT2D eigenvalue weighted by molar-refractivity contribution is -0.118. The molecule has 0 atom stereocenters. The molecule has 3 amide bonds. The lowest BCUT2D eigenvalue weighted by Crippen LogP contribution is -2.37. The number of fused-ring (bicyclic) bond motifs is 1.